The molecule has 0 saturated heterocycles. The van der Waals surface area contributed by atoms with Gasteiger partial charge in [-0.15, -0.1) is 0 Å². The van der Waals surface area contributed by atoms with Crippen molar-refractivity contribution < 1.29 is 18.1 Å². The Bertz CT molecular complexity index is 438. The van der Waals surface area contributed by atoms with Crippen molar-refractivity contribution in [1.29, 1.82) is 0 Å². The summed E-state index contributed by atoms with van der Waals surface area (Å²) in [7, 11) is -4.41. The molecule has 0 radical (unpaired) electrons. The SMILES string of the molecule is Cc1cc(N)c(O)c(S(=O)(=O)O)c1. The van der Waals surface area contributed by atoms with Crippen LogP contribution in [-0.2, 0) is 10.1 Å². The van der Waals surface area contributed by atoms with Gasteiger partial charge in [-0.05, 0) is 24.6 Å². The molecular formula is C7H9NO4S. The Labute approximate surface area is 75.6 Å². The van der Waals surface area contributed by atoms with Crippen LogP contribution in [0.4, 0.5) is 5.69 Å². The maximum absolute atomic E-state index is 10.7. The number of hydrogen-bond donors (Lipinski definition) is 3. The molecule has 6 heteroatoms. The van der Waals surface area contributed by atoms with E-state index in [1.165, 1.54) is 6.07 Å². The molecule has 72 valence electrons. The van der Waals surface area contributed by atoms with Crippen molar-refractivity contribution in [3.8, 4) is 5.75 Å². The van der Waals surface area contributed by atoms with E-state index in [-0.39, 0.29) is 5.69 Å². The molecule has 0 amide bonds. The summed E-state index contributed by atoms with van der Waals surface area (Å²) in [6, 6.07) is 2.55. The zero-order valence-electron chi connectivity index (χ0n) is 6.85. The summed E-state index contributed by atoms with van der Waals surface area (Å²) in [5, 5.41) is 9.19. The number of phenols is 1. The Morgan fingerprint density at radius 1 is 1.38 bits per heavy atom. The summed E-state index contributed by atoms with van der Waals surface area (Å²) >= 11 is 0. The lowest BCUT2D eigenvalue weighted by atomic mass is 10.2. The molecule has 0 aliphatic heterocycles. The normalized spacial score (nSPS) is 11.5. The second kappa shape index (κ2) is 2.90. The number of hydrogen-bond acceptors (Lipinski definition) is 4. The Balaban J connectivity index is 3.56. The minimum atomic E-state index is -4.41. The maximum atomic E-state index is 10.7. The Morgan fingerprint density at radius 3 is 2.38 bits per heavy atom. The van der Waals surface area contributed by atoms with E-state index in [1.54, 1.807) is 6.92 Å². The minimum absolute atomic E-state index is 0.0763. The molecule has 0 saturated carbocycles. The van der Waals surface area contributed by atoms with Crippen LogP contribution < -0.4 is 5.73 Å². The number of nitrogens with two attached hydrogens (primary N) is 1. The van der Waals surface area contributed by atoms with E-state index in [9.17, 15) is 13.5 Å². The average Bonchev–Trinajstić information content (AvgIpc) is 1.94. The zero-order valence-corrected chi connectivity index (χ0v) is 7.67. The standard InChI is InChI=1S/C7H9NO4S/c1-4-2-5(8)7(9)6(3-4)13(10,11)12/h2-3,9H,8H2,1H3,(H,10,11,12). The van der Waals surface area contributed by atoms with Gasteiger partial charge in [0.2, 0.25) is 0 Å². The second-order valence-electron chi connectivity index (χ2n) is 2.68. The molecule has 0 aliphatic carbocycles. The van der Waals surface area contributed by atoms with Crippen LogP contribution in [0.25, 0.3) is 0 Å². The first-order valence-corrected chi connectivity index (χ1v) is 4.83. The van der Waals surface area contributed by atoms with Gasteiger partial charge in [-0.1, -0.05) is 0 Å². The molecule has 1 aromatic carbocycles. The van der Waals surface area contributed by atoms with Crippen molar-refractivity contribution in [2.24, 2.45) is 0 Å². The molecular weight excluding hydrogens is 194 g/mol. The zero-order chi connectivity index (χ0) is 10.2. The second-order valence-corrected chi connectivity index (χ2v) is 4.07. The Morgan fingerprint density at radius 2 is 1.92 bits per heavy atom. The van der Waals surface area contributed by atoms with E-state index < -0.39 is 20.8 Å². The molecule has 0 fully saturated rings. The van der Waals surface area contributed by atoms with Crippen LogP contribution in [0.3, 0.4) is 0 Å². The quantitative estimate of drug-likeness (QED) is 0.351. The summed E-state index contributed by atoms with van der Waals surface area (Å²) in [4.78, 5) is -0.565. The third-order valence-corrected chi connectivity index (χ3v) is 2.39. The number of anilines is 1. The molecule has 0 bridgehead atoms. The van der Waals surface area contributed by atoms with Crippen LogP contribution >= 0.6 is 0 Å². The number of benzene rings is 1. The highest BCUT2D eigenvalue weighted by Gasteiger charge is 2.17. The predicted octanol–water partition coefficient (Wildman–Crippen LogP) is 0.530. The smallest absolute Gasteiger partial charge is 0.298 e. The third kappa shape index (κ3) is 1.90. The molecule has 0 spiro atoms. The fourth-order valence-electron chi connectivity index (χ4n) is 0.969. The molecule has 13 heavy (non-hydrogen) atoms. The van der Waals surface area contributed by atoms with Crippen LogP contribution in [-0.4, -0.2) is 18.1 Å². The van der Waals surface area contributed by atoms with E-state index in [2.05, 4.69) is 0 Å². The van der Waals surface area contributed by atoms with Gasteiger partial charge < -0.3 is 10.8 Å². The summed E-state index contributed by atoms with van der Waals surface area (Å²) in [6.07, 6.45) is 0. The first-order valence-electron chi connectivity index (χ1n) is 3.39. The number of rotatable bonds is 1. The fraction of sp³-hybridized carbons (Fsp3) is 0.143. The van der Waals surface area contributed by atoms with Gasteiger partial charge in [-0.25, -0.2) is 0 Å². The molecule has 1 aromatic rings. The van der Waals surface area contributed by atoms with Crippen molar-refractivity contribution in [1.82, 2.24) is 0 Å². The van der Waals surface area contributed by atoms with Gasteiger partial charge in [0.1, 0.15) is 4.90 Å². The number of aromatic hydroxyl groups is 1. The van der Waals surface area contributed by atoms with Gasteiger partial charge in [0.05, 0.1) is 5.69 Å². The lowest BCUT2D eigenvalue weighted by Gasteiger charge is -2.05. The van der Waals surface area contributed by atoms with E-state index in [4.69, 9.17) is 10.3 Å². The molecule has 0 aliphatic rings. The molecule has 0 atom stereocenters. The summed E-state index contributed by atoms with van der Waals surface area (Å²) in [5.41, 5.74) is 5.76. The first-order chi connectivity index (χ1) is 5.82. The van der Waals surface area contributed by atoms with Gasteiger partial charge in [-0.3, -0.25) is 4.55 Å². The van der Waals surface area contributed by atoms with Crippen molar-refractivity contribution in [2.75, 3.05) is 5.73 Å². The van der Waals surface area contributed by atoms with Gasteiger partial charge in [0, 0.05) is 0 Å². The van der Waals surface area contributed by atoms with E-state index in [0.717, 1.165) is 6.07 Å². The van der Waals surface area contributed by atoms with E-state index in [0.29, 0.717) is 5.56 Å². The first kappa shape index (κ1) is 9.82. The third-order valence-electron chi connectivity index (χ3n) is 1.53. The highest BCUT2D eigenvalue weighted by Crippen LogP contribution is 2.29. The lowest BCUT2D eigenvalue weighted by Crippen LogP contribution is -2.01. The fourth-order valence-corrected chi connectivity index (χ4v) is 1.67. The topological polar surface area (TPSA) is 101 Å². The lowest BCUT2D eigenvalue weighted by molar-refractivity contribution is 0.445. The number of nitrogen functional groups attached to an aromatic ring is 1. The van der Waals surface area contributed by atoms with Crippen LogP contribution in [0.1, 0.15) is 5.56 Å². The van der Waals surface area contributed by atoms with Crippen molar-refractivity contribution in [3.05, 3.63) is 17.7 Å². The van der Waals surface area contributed by atoms with Crippen LogP contribution in [0.15, 0.2) is 17.0 Å². The highest BCUT2D eigenvalue weighted by atomic mass is 32.2. The van der Waals surface area contributed by atoms with Crippen molar-refractivity contribution in [2.45, 2.75) is 11.8 Å². The van der Waals surface area contributed by atoms with E-state index in [1.807, 2.05) is 0 Å². The monoisotopic (exact) mass is 203 g/mol. The number of phenolic OH excluding ortho intramolecular Hbond substituents is 1. The van der Waals surface area contributed by atoms with Gasteiger partial charge in [0.25, 0.3) is 10.1 Å². The van der Waals surface area contributed by atoms with Crippen molar-refractivity contribution in [3.63, 3.8) is 0 Å². The molecule has 0 unspecified atom stereocenters. The van der Waals surface area contributed by atoms with Crippen LogP contribution in [0, 0.1) is 6.92 Å². The number of aryl methyl sites for hydroxylation is 1. The summed E-state index contributed by atoms with van der Waals surface area (Å²) in [6.45, 7) is 1.60. The minimum Gasteiger partial charge on any atom is -0.504 e. The Kier molecular flexibility index (Phi) is 2.19. The van der Waals surface area contributed by atoms with Crippen LogP contribution in [0.5, 0.6) is 5.75 Å². The largest absolute Gasteiger partial charge is 0.504 e. The van der Waals surface area contributed by atoms with E-state index >= 15 is 0 Å². The highest BCUT2D eigenvalue weighted by molar-refractivity contribution is 7.86. The van der Waals surface area contributed by atoms with Crippen molar-refractivity contribution >= 4 is 15.8 Å². The van der Waals surface area contributed by atoms with Gasteiger partial charge in [-0.2, -0.15) is 8.42 Å². The molecule has 5 nitrogen and oxygen atoms in total. The molecule has 0 aromatic heterocycles. The summed E-state index contributed by atoms with van der Waals surface area (Å²) < 4.78 is 30.1. The average molecular weight is 203 g/mol. The molecule has 4 N–H and O–H groups in total. The van der Waals surface area contributed by atoms with Crippen LogP contribution in [0.2, 0.25) is 0 Å². The maximum Gasteiger partial charge on any atom is 0.298 e. The molecule has 1 rings (SSSR count). The predicted molar refractivity (Wildman–Crippen MR) is 47.1 cm³/mol. The molecule has 0 heterocycles. The Hall–Kier alpha value is -1.27. The van der Waals surface area contributed by atoms with Gasteiger partial charge >= 0.3 is 0 Å². The van der Waals surface area contributed by atoms with Gasteiger partial charge in [0.15, 0.2) is 5.75 Å². The summed E-state index contributed by atoms with van der Waals surface area (Å²) in [5.74, 6) is -0.617.